The largest absolute Gasteiger partial charge is 0.463 e. The Morgan fingerprint density at radius 2 is 1.47 bits per heavy atom. The van der Waals surface area contributed by atoms with E-state index in [0.717, 1.165) is 18.4 Å². The van der Waals surface area contributed by atoms with Crippen LogP contribution in [-0.4, -0.2) is 12.6 Å². The zero-order valence-electron chi connectivity index (χ0n) is 19.0. The van der Waals surface area contributed by atoms with Crippen LogP contribution in [0.25, 0.3) is 11.6 Å². The third-order valence-corrected chi connectivity index (χ3v) is 5.65. The van der Waals surface area contributed by atoms with Crippen LogP contribution >= 0.6 is 0 Å². The number of hydrogen-bond acceptors (Lipinski definition) is 2. The minimum atomic E-state index is -0.305. The number of esters is 1. The highest BCUT2D eigenvalue weighted by molar-refractivity contribution is 5.87. The van der Waals surface area contributed by atoms with E-state index in [4.69, 9.17) is 4.74 Å². The molecule has 0 aromatic heterocycles. The zero-order valence-corrected chi connectivity index (χ0v) is 19.0. The van der Waals surface area contributed by atoms with Gasteiger partial charge in [-0.1, -0.05) is 87.9 Å². The second-order valence-electron chi connectivity index (χ2n) is 9.91. The van der Waals surface area contributed by atoms with E-state index in [-0.39, 0.29) is 5.97 Å². The highest BCUT2D eigenvalue weighted by Crippen LogP contribution is 2.50. The molecule has 1 aliphatic carbocycles. The molecule has 0 bridgehead atoms. The van der Waals surface area contributed by atoms with E-state index in [2.05, 4.69) is 82.3 Å². The van der Waals surface area contributed by atoms with Gasteiger partial charge in [-0.25, -0.2) is 4.79 Å². The topological polar surface area (TPSA) is 26.3 Å². The first-order chi connectivity index (χ1) is 14.2. The molecule has 0 radical (unpaired) electrons. The molecule has 1 fully saturated rings. The second kappa shape index (κ2) is 9.04. The predicted octanol–water partition coefficient (Wildman–Crippen LogP) is 7.30. The van der Waals surface area contributed by atoms with Crippen LogP contribution in [-0.2, 0) is 9.53 Å². The van der Waals surface area contributed by atoms with E-state index in [9.17, 15) is 4.79 Å². The Labute approximate surface area is 181 Å². The fourth-order valence-corrected chi connectivity index (χ4v) is 5.11. The molecule has 2 nitrogen and oxygen atoms in total. The van der Waals surface area contributed by atoms with Crippen molar-refractivity contribution in [1.82, 2.24) is 0 Å². The number of rotatable bonds is 5. The van der Waals surface area contributed by atoms with Crippen LogP contribution in [0.2, 0.25) is 0 Å². The van der Waals surface area contributed by atoms with Crippen LogP contribution in [0.15, 0.2) is 66.2 Å². The number of hydrogen-bond donors (Lipinski definition) is 0. The van der Waals surface area contributed by atoms with Crippen LogP contribution < -0.4 is 0 Å². The lowest BCUT2D eigenvalue weighted by Crippen LogP contribution is -2.30. The SMILES string of the molecule is CCOC(=O)C=Cc1ccc(C(=C2CC(C)(C)CC(C)(C)C2)c2ccccc2)cc1. The first-order valence-electron chi connectivity index (χ1n) is 10.9. The van der Waals surface area contributed by atoms with Crippen molar-refractivity contribution in [3.63, 3.8) is 0 Å². The Kier molecular flexibility index (Phi) is 6.65. The summed E-state index contributed by atoms with van der Waals surface area (Å²) >= 11 is 0. The normalized spacial score (nSPS) is 17.7. The Morgan fingerprint density at radius 1 is 0.900 bits per heavy atom. The van der Waals surface area contributed by atoms with Crippen LogP contribution in [0.5, 0.6) is 0 Å². The molecule has 2 aromatic rings. The van der Waals surface area contributed by atoms with E-state index in [1.807, 2.05) is 13.0 Å². The van der Waals surface area contributed by atoms with Crippen molar-refractivity contribution >= 4 is 17.6 Å². The molecular weight excluding hydrogens is 368 g/mol. The summed E-state index contributed by atoms with van der Waals surface area (Å²) < 4.78 is 4.97. The Bertz CT molecular complexity index is 910. The van der Waals surface area contributed by atoms with E-state index in [1.165, 1.54) is 34.8 Å². The van der Waals surface area contributed by atoms with Crippen LogP contribution in [0.1, 0.15) is 70.6 Å². The van der Waals surface area contributed by atoms with Gasteiger partial charge in [-0.15, -0.1) is 0 Å². The van der Waals surface area contributed by atoms with Crippen LogP contribution in [0.3, 0.4) is 0 Å². The summed E-state index contributed by atoms with van der Waals surface area (Å²) in [5.41, 5.74) is 6.98. The van der Waals surface area contributed by atoms with Gasteiger partial charge in [-0.05, 0) is 65.4 Å². The molecule has 1 aliphatic rings. The highest BCUT2D eigenvalue weighted by Gasteiger charge is 2.37. The molecule has 0 spiro atoms. The van der Waals surface area contributed by atoms with Gasteiger partial charge in [0.2, 0.25) is 0 Å². The number of ether oxygens (including phenoxy) is 1. The summed E-state index contributed by atoms with van der Waals surface area (Å²) in [7, 11) is 0. The molecule has 0 heterocycles. The van der Waals surface area contributed by atoms with Crippen molar-refractivity contribution in [2.24, 2.45) is 10.8 Å². The lowest BCUT2D eigenvalue weighted by atomic mass is 9.62. The highest BCUT2D eigenvalue weighted by atomic mass is 16.5. The molecule has 30 heavy (non-hydrogen) atoms. The molecule has 0 atom stereocenters. The average Bonchev–Trinajstić information content (AvgIpc) is 2.66. The summed E-state index contributed by atoms with van der Waals surface area (Å²) in [6.45, 7) is 11.8. The molecule has 158 valence electrons. The van der Waals surface area contributed by atoms with Crippen molar-refractivity contribution in [3.05, 3.63) is 82.9 Å². The van der Waals surface area contributed by atoms with E-state index < -0.39 is 0 Å². The van der Waals surface area contributed by atoms with Crippen molar-refractivity contribution in [2.45, 2.75) is 53.9 Å². The average molecular weight is 403 g/mol. The Morgan fingerprint density at radius 3 is 2.03 bits per heavy atom. The molecular formula is C28H34O2. The molecule has 0 aliphatic heterocycles. The third kappa shape index (κ3) is 5.72. The molecule has 0 unspecified atom stereocenters. The van der Waals surface area contributed by atoms with E-state index in [0.29, 0.717) is 17.4 Å². The maximum Gasteiger partial charge on any atom is 0.330 e. The van der Waals surface area contributed by atoms with E-state index in [1.54, 1.807) is 0 Å². The van der Waals surface area contributed by atoms with Crippen molar-refractivity contribution in [1.29, 1.82) is 0 Å². The Balaban J connectivity index is 2.01. The minimum absolute atomic E-state index is 0.291. The molecule has 0 saturated heterocycles. The summed E-state index contributed by atoms with van der Waals surface area (Å²) in [4.78, 5) is 11.6. The second-order valence-corrected chi connectivity index (χ2v) is 9.91. The molecule has 0 N–H and O–H groups in total. The van der Waals surface area contributed by atoms with Crippen LogP contribution in [0.4, 0.5) is 0 Å². The van der Waals surface area contributed by atoms with E-state index >= 15 is 0 Å². The molecule has 3 rings (SSSR count). The summed E-state index contributed by atoms with van der Waals surface area (Å²) in [5.74, 6) is -0.305. The molecule has 2 heteroatoms. The number of allylic oxidation sites excluding steroid dienone is 1. The van der Waals surface area contributed by atoms with Crippen molar-refractivity contribution in [2.75, 3.05) is 6.61 Å². The van der Waals surface area contributed by atoms with Gasteiger partial charge in [-0.2, -0.15) is 0 Å². The standard InChI is InChI=1S/C28H34O2/c1-6-30-25(29)17-14-21-12-15-23(16-13-21)26(22-10-8-7-9-11-22)24-18-27(2,3)20-28(4,5)19-24/h7-17H,6,18-20H2,1-5H3. The quantitative estimate of drug-likeness (QED) is 0.387. The Hall–Kier alpha value is -2.61. The van der Waals surface area contributed by atoms with Gasteiger partial charge in [0.25, 0.3) is 0 Å². The van der Waals surface area contributed by atoms with Crippen molar-refractivity contribution in [3.8, 4) is 0 Å². The maximum atomic E-state index is 11.6. The first kappa shape index (κ1) is 22.1. The zero-order chi connectivity index (χ0) is 21.8. The summed E-state index contributed by atoms with van der Waals surface area (Å²) in [5, 5.41) is 0. The predicted molar refractivity (Wildman–Crippen MR) is 126 cm³/mol. The van der Waals surface area contributed by atoms with Gasteiger partial charge in [-0.3, -0.25) is 0 Å². The monoisotopic (exact) mass is 402 g/mol. The van der Waals surface area contributed by atoms with Gasteiger partial charge >= 0.3 is 5.97 Å². The van der Waals surface area contributed by atoms with Crippen LogP contribution in [0, 0.1) is 10.8 Å². The lowest BCUT2D eigenvalue weighted by molar-refractivity contribution is -0.137. The fraction of sp³-hybridized carbons (Fsp3) is 0.393. The maximum absolute atomic E-state index is 11.6. The van der Waals surface area contributed by atoms with Gasteiger partial charge in [0.15, 0.2) is 0 Å². The molecule has 1 saturated carbocycles. The third-order valence-electron chi connectivity index (χ3n) is 5.65. The van der Waals surface area contributed by atoms with Gasteiger partial charge in [0.05, 0.1) is 6.61 Å². The fourth-order valence-electron chi connectivity index (χ4n) is 5.11. The molecule has 0 amide bonds. The number of benzene rings is 2. The van der Waals surface area contributed by atoms with Gasteiger partial charge in [0, 0.05) is 6.08 Å². The van der Waals surface area contributed by atoms with Gasteiger partial charge < -0.3 is 4.74 Å². The first-order valence-corrected chi connectivity index (χ1v) is 10.9. The summed E-state index contributed by atoms with van der Waals surface area (Å²) in [6, 6.07) is 19.2. The summed E-state index contributed by atoms with van der Waals surface area (Å²) in [6.07, 6.45) is 6.77. The van der Waals surface area contributed by atoms with Crippen molar-refractivity contribution < 1.29 is 9.53 Å². The minimum Gasteiger partial charge on any atom is -0.463 e. The lowest BCUT2D eigenvalue weighted by Gasteiger charge is -2.43. The smallest absolute Gasteiger partial charge is 0.330 e. The van der Waals surface area contributed by atoms with Gasteiger partial charge in [0.1, 0.15) is 0 Å². The molecule has 2 aromatic carbocycles. The number of carbonyl (C=O) groups excluding carboxylic acids is 1. The number of carbonyl (C=O) groups is 1.